The summed E-state index contributed by atoms with van der Waals surface area (Å²) in [4.78, 5) is 11.4. The molecule has 0 saturated heterocycles. The van der Waals surface area contributed by atoms with Crippen LogP contribution in [0.4, 0.5) is 0 Å². The Morgan fingerprint density at radius 1 is 1.30 bits per heavy atom. The second-order valence-corrected chi connectivity index (χ2v) is 6.59. The number of hydrogen-bond donors (Lipinski definition) is 3. The van der Waals surface area contributed by atoms with Crippen molar-refractivity contribution in [2.45, 2.75) is 52.1 Å². The van der Waals surface area contributed by atoms with Gasteiger partial charge in [0.1, 0.15) is 0 Å². The zero-order valence-corrected chi connectivity index (χ0v) is 12.9. The Morgan fingerprint density at radius 3 is 2.50 bits per heavy atom. The van der Waals surface area contributed by atoms with Crippen LogP contribution in [0.25, 0.3) is 0 Å². The summed E-state index contributed by atoms with van der Waals surface area (Å²) in [6, 6.07) is 0. The van der Waals surface area contributed by atoms with Gasteiger partial charge in [-0.1, -0.05) is 18.4 Å². The molecule has 6 nitrogen and oxygen atoms in total. The minimum Gasteiger partial charge on any atom is -0.393 e. The Labute approximate surface area is 121 Å². The maximum Gasteiger partial charge on any atom is 0.266 e. The standard InChI is InChI=1S/C13H25NO5S/c1-11(6-4-3-5-7-12(2)15)10-13(16)14-8-9-20(17,18)19/h10,12,15H,3-9H2,1-2H3,(H,14,16)(H,17,18,19)/b11-10-/t12-/m0/s1. The molecule has 0 fully saturated rings. The van der Waals surface area contributed by atoms with E-state index >= 15 is 0 Å². The van der Waals surface area contributed by atoms with E-state index in [0.29, 0.717) is 0 Å². The van der Waals surface area contributed by atoms with Crippen LogP contribution in [-0.2, 0) is 14.9 Å². The molecule has 1 atom stereocenters. The lowest BCUT2D eigenvalue weighted by atomic mass is 10.1. The summed E-state index contributed by atoms with van der Waals surface area (Å²) in [7, 11) is -4.03. The molecule has 118 valence electrons. The van der Waals surface area contributed by atoms with Crippen molar-refractivity contribution in [3.63, 3.8) is 0 Å². The van der Waals surface area contributed by atoms with E-state index in [-0.39, 0.29) is 18.6 Å². The number of aliphatic hydroxyl groups excluding tert-OH is 1. The smallest absolute Gasteiger partial charge is 0.266 e. The van der Waals surface area contributed by atoms with E-state index < -0.39 is 15.9 Å². The summed E-state index contributed by atoms with van der Waals surface area (Å²) < 4.78 is 29.4. The molecule has 0 rings (SSSR count). The van der Waals surface area contributed by atoms with Crippen LogP contribution in [0.1, 0.15) is 46.0 Å². The van der Waals surface area contributed by atoms with Crippen LogP contribution < -0.4 is 5.32 Å². The molecule has 0 aromatic rings. The van der Waals surface area contributed by atoms with Crippen LogP contribution >= 0.6 is 0 Å². The van der Waals surface area contributed by atoms with Crippen LogP contribution in [-0.4, -0.2) is 42.4 Å². The van der Waals surface area contributed by atoms with Crippen LogP contribution in [0.15, 0.2) is 11.6 Å². The molecule has 0 radical (unpaired) electrons. The molecule has 0 aliphatic carbocycles. The summed E-state index contributed by atoms with van der Waals surface area (Å²) in [5.74, 6) is -0.833. The fourth-order valence-corrected chi connectivity index (χ4v) is 2.03. The highest BCUT2D eigenvalue weighted by molar-refractivity contribution is 7.85. The summed E-state index contributed by atoms with van der Waals surface area (Å²) in [5, 5.41) is 11.5. The first-order valence-corrected chi connectivity index (χ1v) is 8.40. The predicted octanol–water partition coefficient (Wildman–Crippen LogP) is 1.27. The normalized spacial score (nSPS) is 14.1. The molecular formula is C13H25NO5S. The van der Waals surface area contributed by atoms with Crippen molar-refractivity contribution in [2.75, 3.05) is 12.3 Å². The van der Waals surface area contributed by atoms with Crippen molar-refractivity contribution in [3.8, 4) is 0 Å². The van der Waals surface area contributed by atoms with Gasteiger partial charge in [-0.25, -0.2) is 0 Å². The highest BCUT2D eigenvalue weighted by atomic mass is 32.2. The third-order valence-corrected chi connectivity index (χ3v) is 3.45. The molecule has 0 aliphatic heterocycles. The van der Waals surface area contributed by atoms with Gasteiger partial charge in [-0.2, -0.15) is 8.42 Å². The number of hydrogen-bond acceptors (Lipinski definition) is 4. The number of aliphatic hydroxyl groups is 1. The molecule has 0 unspecified atom stereocenters. The van der Waals surface area contributed by atoms with Gasteiger partial charge < -0.3 is 10.4 Å². The summed E-state index contributed by atoms with van der Waals surface area (Å²) >= 11 is 0. The number of allylic oxidation sites excluding steroid dienone is 1. The summed E-state index contributed by atoms with van der Waals surface area (Å²) in [6.45, 7) is 3.51. The van der Waals surface area contributed by atoms with Crippen LogP contribution in [0.3, 0.4) is 0 Å². The fraction of sp³-hybridized carbons (Fsp3) is 0.769. The topological polar surface area (TPSA) is 104 Å². The van der Waals surface area contributed by atoms with Crippen molar-refractivity contribution >= 4 is 16.0 Å². The average molecular weight is 307 g/mol. The van der Waals surface area contributed by atoms with E-state index in [1.807, 2.05) is 6.92 Å². The van der Waals surface area contributed by atoms with E-state index in [9.17, 15) is 13.2 Å². The van der Waals surface area contributed by atoms with Gasteiger partial charge in [0.2, 0.25) is 5.91 Å². The number of carbonyl (C=O) groups excluding carboxylic acids is 1. The molecule has 0 heterocycles. The van der Waals surface area contributed by atoms with E-state index in [4.69, 9.17) is 9.66 Å². The van der Waals surface area contributed by atoms with Crippen molar-refractivity contribution in [1.82, 2.24) is 5.32 Å². The number of rotatable bonds is 10. The molecule has 0 bridgehead atoms. The van der Waals surface area contributed by atoms with E-state index in [0.717, 1.165) is 37.7 Å². The maximum absolute atomic E-state index is 11.4. The molecule has 3 N–H and O–H groups in total. The first kappa shape index (κ1) is 19.1. The Bertz CT molecular complexity index is 414. The van der Waals surface area contributed by atoms with Gasteiger partial charge in [-0.05, 0) is 33.1 Å². The lowest BCUT2D eigenvalue weighted by molar-refractivity contribution is -0.116. The molecule has 0 aromatic carbocycles. The molecule has 1 amide bonds. The molecular weight excluding hydrogens is 282 g/mol. The average Bonchev–Trinajstić information content (AvgIpc) is 2.26. The van der Waals surface area contributed by atoms with Gasteiger partial charge in [-0.15, -0.1) is 0 Å². The van der Waals surface area contributed by atoms with Crippen LogP contribution in [0.5, 0.6) is 0 Å². The Morgan fingerprint density at radius 2 is 1.95 bits per heavy atom. The molecule has 20 heavy (non-hydrogen) atoms. The van der Waals surface area contributed by atoms with Crippen molar-refractivity contribution in [1.29, 1.82) is 0 Å². The van der Waals surface area contributed by atoms with Gasteiger partial charge in [-0.3, -0.25) is 9.35 Å². The highest BCUT2D eigenvalue weighted by Gasteiger charge is 2.05. The second-order valence-electron chi connectivity index (χ2n) is 5.02. The number of unbranched alkanes of at least 4 members (excludes halogenated alkanes) is 2. The third kappa shape index (κ3) is 13.5. The summed E-state index contributed by atoms with van der Waals surface area (Å²) in [5.41, 5.74) is 0.923. The minimum absolute atomic E-state index is 0.101. The first-order chi connectivity index (χ1) is 9.20. The lowest BCUT2D eigenvalue weighted by Gasteiger charge is -2.05. The SMILES string of the molecule is C/C(=C/C(=O)NCCS(=O)(=O)O)CCCCC[C@H](C)O. The molecule has 0 saturated carbocycles. The van der Waals surface area contributed by atoms with Gasteiger partial charge >= 0.3 is 0 Å². The van der Waals surface area contributed by atoms with E-state index in [1.54, 1.807) is 6.92 Å². The third-order valence-electron chi connectivity index (χ3n) is 2.73. The predicted molar refractivity (Wildman–Crippen MR) is 77.9 cm³/mol. The minimum atomic E-state index is -4.03. The van der Waals surface area contributed by atoms with Crippen LogP contribution in [0, 0.1) is 0 Å². The molecule has 0 aliphatic rings. The Balaban J connectivity index is 3.79. The van der Waals surface area contributed by atoms with Gasteiger partial charge in [0, 0.05) is 12.6 Å². The molecule has 0 aromatic heterocycles. The Hall–Kier alpha value is -0.920. The molecule has 7 heteroatoms. The van der Waals surface area contributed by atoms with E-state index in [2.05, 4.69) is 5.32 Å². The van der Waals surface area contributed by atoms with Crippen molar-refractivity contribution in [3.05, 3.63) is 11.6 Å². The van der Waals surface area contributed by atoms with Crippen LogP contribution in [0.2, 0.25) is 0 Å². The number of amides is 1. The largest absolute Gasteiger partial charge is 0.393 e. The second kappa shape index (κ2) is 9.90. The van der Waals surface area contributed by atoms with E-state index in [1.165, 1.54) is 6.08 Å². The van der Waals surface area contributed by atoms with Gasteiger partial charge in [0.25, 0.3) is 10.1 Å². The Kier molecular flexibility index (Phi) is 9.45. The quantitative estimate of drug-likeness (QED) is 0.320. The zero-order valence-electron chi connectivity index (χ0n) is 12.1. The van der Waals surface area contributed by atoms with Gasteiger partial charge in [0.05, 0.1) is 11.9 Å². The maximum atomic E-state index is 11.4. The van der Waals surface area contributed by atoms with Gasteiger partial charge in [0.15, 0.2) is 0 Å². The monoisotopic (exact) mass is 307 g/mol. The lowest BCUT2D eigenvalue weighted by Crippen LogP contribution is -2.27. The fourth-order valence-electron chi connectivity index (χ4n) is 1.67. The zero-order chi connectivity index (χ0) is 15.6. The number of carbonyl (C=O) groups is 1. The van der Waals surface area contributed by atoms with Crippen molar-refractivity contribution < 1.29 is 22.9 Å². The number of nitrogens with one attached hydrogen (secondary N) is 1. The first-order valence-electron chi connectivity index (χ1n) is 6.79. The molecule has 0 spiro atoms. The summed E-state index contributed by atoms with van der Waals surface area (Å²) in [6.07, 6.45) is 5.68. The highest BCUT2D eigenvalue weighted by Crippen LogP contribution is 2.10. The van der Waals surface area contributed by atoms with Crippen molar-refractivity contribution in [2.24, 2.45) is 0 Å².